The highest BCUT2D eigenvalue weighted by Gasteiger charge is 2.13. The molecule has 0 atom stereocenters. The van der Waals surface area contributed by atoms with Crippen molar-refractivity contribution in [1.82, 2.24) is 4.72 Å². The number of sulfonamides is 1. The van der Waals surface area contributed by atoms with Gasteiger partial charge in [0.05, 0.1) is 24.8 Å². The number of carbonyl (C=O) groups is 1. The Bertz CT molecular complexity index is 895. The molecule has 2 aromatic carbocycles. The molecular weight excluding hydrogens is 380 g/mol. The van der Waals surface area contributed by atoms with Gasteiger partial charge < -0.3 is 14.8 Å². The molecule has 0 saturated carbocycles. The lowest BCUT2D eigenvalue weighted by Gasteiger charge is -2.11. The summed E-state index contributed by atoms with van der Waals surface area (Å²) in [5.74, 6) is 0.991. The van der Waals surface area contributed by atoms with Crippen molar-refractivity contribution < 1.29 is 22.7 Å². The third-order valence-corrected chi connectivity index (χ3v) is 5.58. The molecule has 7 nitrogen and oxygen atoms in total. The van der Waals surface area contributed by atoms with Crippen LogP contribution in [0.3, 0.4) is 0 Å². The van der Waals surface area contributed by atoms with Crippen LogP contribution in [0.2, 0.25) is 0 Å². The molecule has 0 unspecified atom stereocenters. The second-order valence-electron chi connectivity index (χ2n) is 6.16. The molecule has 8 heteroatoms. The number of rotatable bonds is 10. The van der Waals surface area contributed by atoms with E-state index < -0.39 is 10.0 Å². The van der Waals surface area contributed by atoms with Crippen molar-refractivity contribution >= 4 is 21.6 Å². The second-order valence-corrected chi connectivity index (χ2v) is 7.92. The summed E-state index contributed by atoms with van der Waals surface area (Å²) in [4.78, 5) is 12.5. The molecular formula is C20H26N2O5S. The van der Waals surface area contributed by atoms with E-state index >= 15 is 0 Å². The maximum atomic E-state index is 12.2. The van der Waals surface area contributed by atoms with Crippen molar-refractivity contribution in [3.05, 3.63) is 48.0 Å². The van der Waals surface area contributed by atoms with Crippen LogP contribution in [0.5, 0.6) is 11.5 Å². The maximum absolute atomic E-state index is 12.2. The molecule has 2 N–H and O–H groups in total. The van der Waals surface area contributed by atoms with Crippen LogP contribution >= 0.6 is 0 Å². The number of anilines is 1. The molecule has 0 aliphatic carbocycles. The fraction of sp³-hybridized carbons (Fsp3) is 0.350. The van der Waals surface area contributed by atoms with Gasteiger partial charge in [-0.25, -0.2) is 13.1 Å². The van der Waals surface area contributed by atoms with Gasteiger partial charge in [-0.05, 0) is 42.7 Å². The summed E-state index contributed by atoms with van der Waals surface area (Å²) in [5, 5.41) is 2.82. The van der Waals surface area contributed by atoms with Gasteiger partial charge in [0, 0.05) is 19.0 Å². The van der Waals surface area contributed by atoms with Gasteiger partial charge in [0.1, 0.15) is 11.5 Å². The minimum absolute atomic E-state index is 0.162. The van der Waals surface area contributed by atoms with Crippen LogP contribution in [-0.4, -0.2) is 35.1 Å². The van der Waals surface area contributed by atoms with E-state index in [-0.39, 0.29) is 17.2 Å². The first-order valence-corrected chi connectivity index (χ1v) is 10.5. The number of nitrogens with one attached hydrogen (secondary N) is 2. The number of aryl methyl sites for hydroxylation is 1. The molecule has 0 aromatic heterocycles. The lowest BCUT2D eigenvalue weighted by molar-refractivity contribution is -0.116. The third kappa shape index (κ3) is 5.97. The van der Waals surface area contributed by atoms with E-state index in [1.54, 1.807) is 49.6 Å². The third-order valence-electron chi connectivity index (χ3n) is 4.10. The number of methoxy groups -OCH3 is 2. The number of hydrogen-bond donors (Lipinski definition) is 2. The Morgan fingerprint density at radius 1 is 1.04 bits per heavy atom. The van der Waals surface area contributed by atoms with Gasteiger partial charge in [-0.3, -0.25) is 4.79 Å². The quantitative estimate of drug-likeness (QED) is 0.633. The lowest BCUT2D eigenvalue weighted by Crippen LogP contribution is -2.24. The predicted octanol–water partition coefficient (Wildman–Crippen LogP) is 2.96. The second kappa shape index (κ2) is 10.1. The van der Waals surface area contributed by atoms with Gasteiger partial charge in [0.15, 0.2) is 0 Å². The smallest absolute Gasteiger partial charge is 0.240 e. The monoisotopic (exact) mass is 406 g/mol. The fourth-order valence-electron chi connectivity index (χ4n) is 2.53. The molecule has 152 valence electrons. The van der Waals surface area contributed by atoms with Crippen LogP contribution in [-0.2, 0) is 21.2 Å². The Hall–Kier alpha value is -2.58. The minimum atomic E-state index is -3.48. The average Bonchev–Trinajstić information content (AvgIpc) is 2.71. The van der Waals surface area contributed by atoms with Gasteiger partial charge in [-0.2, -0.15) is 0 Å². The van der Waals surface area contributed by atoms with Crippen LogP contribution < -0.4 is 19.5 Å². The molecule has 0 radical (unpaired) electrons. The Kier molecular flexibility index (Phi) is 7.83. The van der Waals surface area contributed by atoms with Gasteiger partial charge >= 0.3 is 0 Å². The molecule has 0 bridgehead atoms. The van der Waals surface area contributed by atoms with Crippen LogP contribution in [0.25, 0.3) is 0 Å². The van der Waals surface area contributed by atoms with E-state index in [4.69, 9.17) is 9.47 Å². The molecule has 0 heterocycles. The standard InChI is InChI=1S/C20H26N2O5S/c1-4-13-21-28(24,25)17-9-5-15(6-10-17)7-12-20(23)22-18-11-8-16(26-2)14-19(18)27-3/h5-6,8-11,14,21H,4,7,12-13H2,1-3H3,(H,22,23). The van der Waals surface area contributed by atoms with Gasteiger partial charge in [-0.1, -0.05) is 19.1 Å². The Labute approximate surface area is 166 Å². The Balaban J connectivity index is 1.94. The van der Waals surface area contributed by atoms with E-state index in [0.717, 1.165) is 12.0 Å². The SMILES string of the molecule is CCCNS(=O)(=O)c1ccc(CCC(=O)Nc2ccc(OC)cc2OC)cc1. The number of carbonyl (C=O) groups excluding carboxylic acids is 1. The number of hydrogen-bond acceptors (Lipinski definition) is 5. The first-order chi connectivity index (χ1) is 13.4. The number of benzene rings is 2. The van der Waals surface area contributed by atoms with Crippen molar-refractivity contribution in [1.29, 1.82) is 0 Å². The highest BCUT2D eigenvalue weighted by atomic mass is 32.2. The Morgan fingerprint density at radius 2 is 1.75 bits per heavy atom. The molecule has 0 aliphatic rings. The maximum Gasteiger partial charge on any atom is 0.240 e. The summed E-state index contributed by atoms with van der Waals surface area (Å²) in [5.41, 5.74) is 1.45. The van der Waals surface area contributed by atoms with E-state index in [1.165, 1.54) is 7.11 Å². The van der Waals surface area contributed by atoms with E-state index in [1.807, 2.05) is 6.92 Å². The van der Waals surface area contributed by atoms with Crippen molar-refractivity contribution in [2.75, 3.05) is 26.1 Å². The van der Waals surface area contributed by atoms with E-state index in [0.29, 0.717) is 30.2 Å². The van der Waals surface area contributed by atoms with E-state index in [9.17, 15) is 13.2 Å². The zero-order valence-corrected chi connectivity index (χ0v) is 17.1. The zero-order valence-electron chi connectivity index (χ0n) is 16.3. The van der Waals surface area contributed by atoms with Crippen LogP contribution in [0.4, 0.5) is 5.69 Å². The van der Waals surface area contributed by atoms with Crippen molar-refractivity contribution in [3.8, 4) is 11.5 Å². The summed E-state index contributed by atoms with van der Waals surface area (Å²) in [6.07, 6.45) is 1.48. The summed E-state index contributed by atoms with van der Waals surface area (Å²) in [6.45, 7) is 2.30. The summed E-state index contributed by atoms with van der Waals surface area (Å²) in [6, 6.07) is 11.7. The van der Waals surface area contributed by atoms with Crippen molar-refractivity contribution in [2.24, 2.45) is 0 Å². The number of amides is 1. The zero-order chi connectivity index (χ0) is 20.6. The molecule has 2 aromatic rings. The summed E-state index contributed by atoms with van der Waals surface area (Å²) >= 11 is 0. The topological polar surface area (TPSA) is 93.7 Å². The molecule has 28 heavy (non-hydrogen) atoms. The van der Waals surface area contributed by atoms with Gasteiger partial charge in [0.2, 0.25) is 15.9 Å². The highest BCUT2D eigenvalue weighted by Crippen LogP contribution is 2.29. The van der Waals surface area contributed by atoms with Crippen LogP contribution in [0, 0.1) is 0 Å². The highest BCUT2D eigenvalue weighted by molar-refractivity contribution is 7.89. The molecule has 2 rings (SSSR count). The van der Waals surface area contributed by atoms with Crippen LogP contribution in [0.1, 0.15) is 25.3 Å². The first kappa shape index (κ1) is 21.7. The molecule has 0 aliphatic heterocycles. The Morgan fingerprint density at radius 3 is 2.36 bits per heavy atom. The summed E-state index contributed by atoms with van der Waals surface area (Å²) in [7, 11) is -0.396. The van der Waals surface area contributed by atoms with Crippen molar-refractivity contribution in [2.45, 2.75) is 31.1 Å². The first-order valence-electron chi connectivity index (χ1n) is 9.00. The fourth-order valence-corrected chi connectivity index (χ4v) is 3.66. The van der Waals surface area contributed by atoms with Gasteiger partial charge in [-0.15, -0.1) is 0 Å². The van der Waals surface area contributed by atoms with Crippen LogP contribution in [0.15, 0.2) is 47.4 Å². The van der Waals surface area contributed by atoms with Crippen molar-refractivity contribution in [3.63, 3.8) is 0 Å². The van der Waals surface area contributed by atoms with Gasteiger partial charge in [0.25, 0.3) is 0 Å². The predicted molar refractivity (Wildman–Crippen MR) is 108 cm³/mol. The lowest BCUT2D eigenvalue weighted by atomic mass is 10.1. The molecule has 1 amide bonds. The minimum Gasteiger partial charge on any atom is -0.497 e. The molecule has 0 fully saturated rings. The summed E-state index contributed by atoms with van der Waals surface area (Å²) < 4.78 is 37.1. The molecule has 0 spiro atoms. The van der Waals surface area contributed by atoms with E-state index in [2.05, 4.69) is 10.0 Å². The average molecular weight is 407 g/mol. The normalized spacial score (nSPS) is 11.1. The largest absolute Gasteiger partial charge is 0.497 e. The number of ether oxygens (including phenoxy) is 2. The molecule has 0 saturated heterocycles.